The van der Waals surface area contributed by atoms with E-state index in [2.05, 4.69) is 16.8 Å². The first-order valence-corrected chi connectivity index (χ1v) is 3.59. The first-order valence-electron chi connectivity index (χ1n) is 3.59. The van der Waals surface area contributed by atoms with Crippen LogP contribution in [0.2, 0.25) is 0 Å². The Morgan fingerprint density at radius 2 is 2.27 bits per heavy atom. The minimum atomic E-state index is 0.958. The fraction of sp³-hybridized carbons (Fsp3) is 0.222. The lowest BCUT2D eigenvalue weighted by atomic mass is 10.2. The maximum atomic E-state index is 4.09. The third kappa shape index (κ3) is 1.40. The van der Waals surface area contributed by atoms with Crippen molar-refractivity contribution in [2.75, 3.05) is 0 Å². The molecule has 0 spiro atoms. The van der Waals surface area contributed by atoms with Crippen LogP contribution in [0.3, 0.4) is 0 Å². The second-order valence-electron chi connectivity index (χ2n) is 2.35. The minimum absolute atomic E-state index is 0.958. The fourth-order valence-electron chi connectivity index (χ4n) is 0.999. The second-order valence-corrected chi connectivity index (χ2v) is 2.35. The predicted molar refractivity (Wildman–Crippen MR) is 48.1 cm³/mol. The molecule has 0 amide bonds. The van der Waals surface area contributed by atoms with Gasteiger partial charge in [0.2, 0.25) is 0 Å². The average molecular weight is 148 g/mol. The summed E-state index contributed by atoms with van der Waals surface area (Å²) in [4.78, 5) is 0. The van der Waals surface area contributed by atoms with Gasteiger partial charge in [-0.05, 0) is 19.9 Å². The highest BCUT2D eigenvalue weighted by molar-refractivity contribution is 5.62. The number of H-pyrrole nitrogens is 1. The van der Waals surface area contributed by atoms with Gasteiger partial charge in [-0.1, -0.05) is 18.7 Å². The Labute approximate surface area is 66.6 Å². The number of aryl methyl sites for hydroxylation is 1. The zero-order valence-corrected chi connectivity index (χ0v) is 6.89. The molecule has 1 N–H and O–H groups in total. The van der Waals surface area contributed by atoms with Gasteiger partial charge in [0, 0.05) is 11.3 Å². The van der Waals surface area contributed by atoms with Crippen LogP contribution in [-0.2, 0) is 0 Å². The van der Waals surface area contributed by atoms with Gasteiger partial charge in [-0.3, -0.25) is 5.10 Å². The van der Waals surface area contributed by atoms with E-state index in [1.165, 1.54) is 0 Å². The number of aromatic amines is 1. The predicted octanol–water partition coefficient (Wildman–Crippen LogP) is 2.39. The molecule has 0 fully saturated rings. The Hall–Kier alpha value is -1.31. The Morgan fingerprint density at radius 1 is 1.55 bits per heavy atom. The van der Waals surface area contributed by atoms with E-state index in [1.54, 1.807) is 0 Å². The van der Waals surface area contributed by atoms with E-state index >= 15 is 0 Å². The van der Waals surface area contributed by atoms with E-state index in [9.17, 15) is 0 Å². The molecular weight excluding hydrogens is 136 g/mol. The quantitative estimate of drug-likeness (QED) is 0.685. The summed E-state index contributed by atoms with van der Waals surface area (Å²) in [5.41, 5.74) is 3.11. The van der Waals surface area contributed by atoms with Crippen molar-refractivity contribution in [2.24, 2.45) is 0 Å². The normalized spacial score (nSPS) is 10.7. The maximum absolute atomic E-state index is 4.09. The summed E-state index contributed by atoms with van der Waals surface area (Å²) in [7, 11) is 0. The SMILES string of the molecule is C=Cc1c(/C=C/C)n[nH]c1C. The van der Waals surface area contributed by atoms with Gasteiger partial charge >= 0.3 is 0 Å². The fourth-order valence-corrected chi connectivity index (χ4v) is 0.999. The summed E-state index contributed by atoms with van der Waals surface area (Å²) >= 11 is 0. The summed E-state index contributed by atoms with van der Waals surface area (Å²) < 4.78 is 0. The van der Waals surface area contributed by atoms with Gasteiger partial charge in [0.25, 0.3) is 0 Å². The van der Waals surface area contributed by atoms with Crippen molar-refractivity contribution in [1.82, 2.24) is 10.2 Å². The number of allylic oxidation sites excluding steroid dienone is 1. The van der Waals surface area contributed by atoms with Crippen LogP contribution in [0.25, 0.3) is 12.2 Å². The summed E-state index contributed by atoms with van der Waals surface area (Å²) in [6.07, 6.45) is 5.73. The van der Waals surface area contributed by atoms with Crippen LogP contribution in [0.4, 0.5) is 0 Å². The number of rotatable bonds is 2. The number of aromatic nitrogens is 2. The van der Waals surface area contributed by atoms with Crippen molar-refractivity contribution < 1.29 is 0 Å². The van der Waals surface area contributed by atoms with E-state index < -0.39 is 0 Å². The molecule has 0 aromatic carbocycles. The lowest BCUT2D eigenvalue weighted by Crippen LogP contribution is -1.75. The lowest BCUT2D eigenvalue weighted by molar-refractivity contribution is 1.04. The second kappa shape index (κ2) is 3.19. The molecule has 0 bridgehead atoms. The molecule has 0 saturated heterocycles. The summed E-state index contributed by atoms with van der Waals surface area (Å²) in [5, 5.41) is 6.99. The molecule has 0 unspecified atom stereocenters. The van der Waals surface area contributed by atoms with Crippen molar-refractivity contribution in [1.29, 1.82) is 0 Å². The van der Waals surface area contributed by atoms with Crippen LogP contribution >= 0.6 is 0 Å². The van der Waals surface area contributed by atoms with E-state index in [-0.39, 0.29) is 0 Å². The Kier molecular flexibility index (Phi) is 2.26. The van der Waals surface area contributed by atoms with Crippen LogP contribution in [-0.4, -0.2) is 10.2 Å². The molecule has 1 aromatic rings. The molecule has 0 aliphatic heterocycles. The highest BCUT2D eigenvalue weighted by Crippen LogP contribution is 2.12. The number of nitrogens with one attached hydrogen (secondary N) is 1. The van der Waals surface area contributed by atoms with Gasteiger partial charge in [0.05, 0.1) is 5.69 Å². The summed E-state index contributed by atoms with van der Waals surface area (Å²) in [6, 6.07) is 0. The minimum Gasteiger partial charge on any atom is -0.282 e. The van der Waals surface area contributed by atoms with Crippen LogP contribution in [0, 0.1) is 6.92 Å². The van der Waals surface area contributed by atoms with Gasteiger partial charge in [0.15, 0.2) is 0 Å². The third-order valence-electron chi connectivity index (χ3n) is 1.55. The third-order valence-corrected chi connectivity index (χ3v) is 1.55. The molecule has 58 valence electrons. The zero-order valence-electron chi connectivity index (χ0n) is 6.89. The molecule has 1 aromatic heterocycles. The first-order chi connectivity index (χ1) is 5.29. The highest BCUT2D eigenvalue weighted by Gasteiger charge is 2.01. The van der Waals surface area contributed by atoms with Crippen LogP contribution in [0.1, 0.15) is 23.9 Å². The van der Waals surface area contributed by atoms with E-state index in [4.69, 9.17) is 0 Å². The number of nitrogens with zero attached hydrogens (tertiary/aromatic N) is 1. The summed E-state index contributed by atoms with van der Waals surface area (Å²) in [6.45, 7) is 7.67. The summed E-state index contributed by atoms with van der Waals surface area (Å²) in [5.74, 6) is 0. The smallest absolute Gasteiger partial charge is 0.0920 e. The average Bonchev–Trinajstić information content (AvgIpc) is 2.33. The molecule has 0 aliphatic rings. The van der Waals surface area contributed by atoms with Gasteiger partial charge in [-0.2, -0.15) is 5.10 Å². The molecule has 2 heteroatoms. The molecule has 0 radical (unpaired) electrons. The first kappa shape index (κ1) is 7.79. The van der Waals surface area contributed by atoms with Gasteiger partial charge in [0.1, 0.15) is 0 Å². The molecule has 0 aliphatic carbocycles. The highest BCUT2D eigenvalue weighted by atomic mass is 15.1. The van der Waals surface area contributed by atoms with Crippen molar-refractivity contribution in [3.63, 3.8) is 0 Å². The molecule has 0 atom stereocenters. The van der Waals surface area contributed by atoms with E-state index in [0.29, 0.717) is 0 Å². The Bertz CT molecular complexity index is 282. The van der Waals surface area contributed by atoms with Crippen molar-refractivity contribution >= 4 is 12.2 Å². The topological polar surface area (TPSA) is 28.7 Å². The maximum Gasteiger partial charge on any atom is 0.0920 e. The van der Waals surface area contributed by atoms with Gasteiger partial charge < -0.3 is 0 Å². The molecule has 1 heterocycles. The van der Waals surface area contributed by atoms with Crippen molar-refractivity contribution in [3.05, 3.63) is 29.6 Å². The molecule has 2 nitrogen and oxygen atoms in total. The Morgan fingerprint density at radius 3 is 2.82 bits per heavy atom. The Balaban J connectivity index is 3.15. The van der Waals surface area contributed by atoms with Crippen LogP contribution in [0.15, 0.2) is 12.7 Å². The zero-order chi connectivity index (χ0) is 8.27. The van der Waals surface area contributed by atoms with Crippen LogP contribution < -0.4 is 0 Å². The molecular formula is C9H12N2. The molecule has 0 saturated carbocycles. The standard InChI is InChI=1S/C9H12N2/c1-4-6-9-8(5-2)7(3)10-11-9/h4-6H,2H2,1,3H3,(H,10,11)/b6-4+. The monoisotopic (exact) mass is 148 g/mol. The van der Waals surface area contributed by atoms with Crippen LogP contribution in [0.5, 0.6) is 0 Å². The molecule has 11 heavy (non-hydrogen) atoms. The van der Waals surface area contributed by atoms with Gasteiger partial charge in [-0.25, -0.2) is 0 Å². The number of hydrogen-bond acceptors (Lipinski definition) is 1. The largest absolute Gasteiger partial charge is 0.282 e. The lowest BCUT2D eigenvalue weighted by Gasteiger charge is -1.88. The van der Waals surface area contributed by atoms with Crippen molar-refractivity contribution in [3.8, 4) is 0 Å². The van der Waals surface area contributed by atoms with Crippen molar-refractivity contribution in [2.45, 2.75) is 13.8 Å². The van der Waals surface area contributed by atoms with E-state index in [0.717, 1.165) is 17.0 Å². The molecule has 1 rings (SSSR count). The van der Waals surface area contributed by atoms with E-state index in [1.807, 2.05) is 32.1 Å². The van der Waals surface area contributed by atoms with Gasteiger partial charge in [-0.15, -0.1) is 0 Å². The number of hydrogen-bond donors (Lipinski definition) is 1.